The number of rotatable bonds is 4. The molecule has 3 aromatic rings. The first-order chi connectivity index (χ1) is 12.7. The molecule has 0 aliphatic heterocycles. The number of carbonyl (C=O) groups is 1. The van der Waals surface area contributed by atoms with Crippen molar-refractivity contribution in [2.24, 2.45) is 0 Å². The number of halogens is 1. The Morgan fingerprint density at radius 2 is 1.85 bits per heavy atom. The summed E-state index contributed by atoms with van der Waals surface area (Å²) < 4.78 is 1.78. The number of anilines is 2. The summed E-state index contributed by atoms with van der Waals surface area (Å²) in [6.07, 6.45) is 3.54. The lowest BCUT2D eigenvalue weighted by Crippen LogP contribution is -2.21. The Kier molecular flexibility index (Phi) is 4.63. The SMILES string of the molecule is O=C(Nc1cccc(Cl)c1)Nc1cc(C2CCC2)nn1-c1ccccc1. The maximum atomic E-state index is 12.4. The molecule has 1 heterocycles. The fourth-order valence-electron chi connectivity index (χ4n) is 3.00. The zero-order chi connectivity index (χ0) is 17.9. The Bertz CT molecular complexity index is 919. The maximum absolute atomic E-state index is 12.4. The van der Waals surface area contributed by atoms with Gasteiger partial charge in [0, 0.05) is 22.7 Å². The van der Waals surface area contributed by atoms with Crippen LogP contribution in [0, 0.1) is 0 Å². The lowest BCUT2D eigenvalue weighted by molar-refractivity contribution is 0.262. The van der Waals surface area contributed by atoms with Crippen molar-refractivity contribution in [2.45, 2.75) is 25.2 Å². The van der Waals surface area contributed by atoms with Crippen molar-refractivity contribution in [1.82, 2.24) is 9.78 Å². The van der Waals surface area contributed by atoms with Gasteiger partial charge >= 0.3 is 6.03 Å². The first-order valence-corrected chi connectivity index (χ1v) is 9.06. The van der Waals surface area contributed by atoms with Gasteiger partial charge in [0.1, 0.15) is 5.82 Å². The van der Waals surface area contributed by atoms with Crippen molar-refractivity contribution < 1.29 is 4.79 Å². The normalized spacial score (nSPS) is 13.9. The summed E-state index contributed by atoms with van der Waals surface area (Å²) in [5.41, 5.74) is 2.58. The molecule has 1 aliphatic carbocycles. The molecule has 132 valence electrons. The third-order valence-corrected chi connectivity index (χ3v) is 4.81. The van der Waals surface area contributed by atoms with E-state index in [-0.39, 0.29) is 6.03 Å². The third kappa shape index (κ3) is 3.58. The number of urea groups is 1. The Morgan fingerprint density at radius 3 is 2.54 bits per heavy atom. The second-order valence-corrected chi connectivity index (χ2v) is 6.86. The Morgan fingerprint density at radius 1 is 1.04 bits per heavy atom. The average molecular weight is 367 g/mol. The van der Waals surface area contributed by atoms with E-state index >= 15 is 0 Å². The van der Waals surface area contributed by atoms with Crippen LogP contribution in [0.4, 0.5) is 16.3 Å². The van der Waals surface area contributed by atoms with Crippen LogP contribution < -0.4 is 10.6 Å². The van der Waals surface area contributed by atoms with Crippen LogP contribution >= 0.6 is 11.6 Å². The minimum absolute atomic E-state index is 0.329. The van der Waals surface area contributed by atoms with Gasteiger partial charge in [0.2, 0.25) is 0 Å². The molecular weight excluding hydrogens is 348 g/mol. The molecule has 0 radical (unpaired) electrons. The van der Waals surface area contributed by atoms with Crippen molar-refractivity contribution in [3.8, 4) is 5.69 Å². The van der Waals surface area contributed by atoms with E-state index in [1.54, 1.807) is 28.9 Å². The van der Waals surface area contributed by atoms with Gasteiger partial charge in [-0.2, -0.15) is 5.10 Å². The maximum Gasteiger partial charge on any atom is 0.324 e. The van der Waals surface area contributed by atoms with Crippen LogP contribution in [0.5, 0.6) is 0 Å². The van der Waals surface area contributed by atoms with Crippen LogP contribution in [0.2, 0.25) is 5.02 Å². The van der Waals surface area contributed by atoms with Gasteiger partial charge in [0.25, 0.3) is 0 Å². The summed E-state index contributed by atoms with van der Waals surface area (Å²) in [5.74, 6) is 1.13. The molecule has 6 heteroatoms. The van der Waals surface area contributed by atoms with Crippen LogP contribution in [0.25, 0.3) is 5.69 Å². The number of nitrogens with zero attached hydrogens (tertiary/aromatic N) is 2. The van der Waals surface area contributed by atoms with Gasteiger partial charge in [-0.05, 0) is 43.2 Å². The Labute approximate surface area is 157 Å². The molecule has 0 unspecified atom stereocenters. The van der Waals surface area contributed by atoms with Gasteiger partial charge in [-0.3, -0.25) is 5.32 Å². The van der Waals surface area contributed by atoms with E-state index in [1.165, 1.54) is 6.42 Å². The van der Waals surface area contributed by atoms with E-state index in [1.807, 2.05) is 36.4 Å². The molecule has 26 heavy (non-hydrogen) atoms. The number of benzene rings is 2. The summed E-state index contributed by atoms with van der Waals surface area (Å²) >= 11 is 5.97. The fraction of sp³-hybridized carbons (Fsp3) is 0.200. The first kappa shape index (κ1) is 16.7. The summed E-state index contributed by atoms with van der Waals surface area (Å²) in [6.45, 7) is 0. The van der Waals surface area contributed by atoms with Crippen molar-refractivity contribution in [1.29, 1.82) is 0 Å². The Balaban J connectivity index is 1.58. The van der Waals surface area contributed by atoms with Crippen LogP contribution in [-0.2, 0) is 0 Å². The zero-order valence-corrected chi connectivity index (χ0v) is 14.9. The first-order valence-electron chi connectivity index (χ1n) is 8.68. The van der Waals surface area contributed by atoms with Crippen molar-refractivity contribution in [2.75, 3.05) is 10.6 Å². The number of para-hydroxylation sites is 1. The highest BCUT2D eigenvalue weighted by Crippen LogP contribution is 2.37. The Hall–Kier alpha value is -2.79. The molecule has 2 aromatic carbocycles. The smallest absolute Gasteiger partial charge is 0.308 e. The molecule has 0 atom stereocenters. The molecule has 1 fully saturated rings. The van der Waals surface area contributed by atoms with Gasteiger partial charge in [0.15, 0.2) is 0 Å². The van der Waals surface area contributed by atoms with E-state index in [9.17, 15) is 4.79 Å². The van der Waals surface area contributed by atoms with Crippen LogP contribution in [0.3, 0.4) is 0 Å². The van der Waals surface area contributed by atoms with E-state index < -0.39 is 0 Å². The monoisotopic (exact) mass is 366 g/mol. The molecule has 0 bridgehead atoms. The van der Waals surface area contributed by atoms with Crippen LogP contribution in [0.1, 0.15) is 30.9 Å². The molecule has 2 amide bonds. The molecule has 0 saturated heterocycles. The van der Waals surface area contributed by atoms with Crippen LogP contribution in [0.15, 0.2) is 60.7 Å². The highest BCUT2D eigenvalue weighted by Gasteiger charge is 2.24. The summed E-state index contributed by atoms with van der Waals surface area (Å²) in [5, 5.41) is 11.0. The van der Waals surface area contributed by atoms with E-state index in [0.717, 1.165) is 24.2 Å². The minimum atomic E-state index is -0.329. The zero-order valence-electron chi connectivity index (χ0n) is 14.2. The second-order valence-electron chi connectivity index (χ2n) is 6.42. The number of hydrogen-bond acceptors (Lipinski definition) is 2. The van der Waals surface area contributed by atoms with Gasteiger partial charge in [-0.15, -0.1) is 0 Å². The molecule has 1 saturated carbocycles. The number of carbonyl (C=O) groups excluding carboxylic acids is 1. The predicted octanol–water partition coefficient (Wildman–Crippen LogP) is 5.44. The topological polar surface area (TPSA) is 59.0 Å². The molecule has 0 spiro atoms. The molecular formula is C20H19ClN4O. The lowest BCUT2D eigenvalue weighted by atomic mass is 9.83. The van der Waals surface area contributed by atoms with Gasteiger partial charge in [-0.25, -0.2) is 9.48 Å². The lowest BCUT2D eigenvalue weighted by Gasteiger charge is -2.22. The molecule has 5 nitrogen and oxygen atoms in total. The van der Waals surface area contributed by atoms with E-state index in [2.05, 4.69) is 10.6 Å². The van der Waals surface area contributed by atoms with E-state index in [0.29, 0.717) is 22.4 Å². The standard InChI is InChI=1S/C20H19ClN4O/c21-15-8-5-9-16(12-15)22-20(26)23-19-13-18(14-6-4-7-14)24-25(19)17-10-2-1-3-11-17/h1-3,5,8-14H,4,6-7H2,(H2,22,23,26). The number of amides is 2. The van der Waals surface area contributed by atoms with Crippen molar-refractivity contribution >= 4 is 29.1 Å². The van der Waals surface area contributed by atoms with Gasteiger partial charge < -0.3 is 5.32 Å². The number of hydrogen-bond donors (Lipinski definition) is 2. The average Bonchev–Trinajstić information content (AvgIpc) is 2.97. The predicted molar refractivity (Wildman–Crippen MR) is 104 cm³/mol. The molecule has 2 N–H and O–H groups in total. The largest absolute Gasteiger partial charge is 0.324 e. The van der Waals surface area contributed by atoms with Crippen molar-refractivity contribution in [3.05, 3.63) is 71.4 Å². The highest BCUT2D eigenvalue weighted by molar-refractivity contribution is 6.30. The number of aromatic nitrogens is 2. The third-order valence-electron chi connectivity index (χ3n) is 4.58. The second kappa shape index (κ2) is 7.22. The molecule has 1 aromatic heterocycles. The van der Waals surface area contributed by atoms with Gasteiger partial charge in [0.05, 0.1) is 11.4 Å². The summed E-state index contributed by atoms with van der Waals surface area (Å²) in [7, 11) is 0. The minimum Gasteiger partial charge on any atom is -0.308 e. The summed E-state index contributed by atoms with van der Waals surface area (Å²) in [4.78, 5) is 12.4. The van der Waals surface area contributed by atoms with Gasteiger partial charge in [-0.1, -0.05) is 42.3 Å². The van der Waals surface area contributed by atoms with Crippen molar-refractivity contribution in [3.63, 3.8) is 0 Å². The van der Waals surface area contributed by atoms with Crippen LogP contribution in [-0.4, -0.2) is 15.8 Å². The quantitative estimate of drug-likeness (QED) is 0.646. The molecule has 4 rings (SSSR count). The van der Waals surface area contributed by atoms with E-state index in [4.69, 9.17) is 16.7 Å². The summed E-state index contributed by atoms with van der Waals surface area (Å²) in [6, 6.07) is 18.5. The highest BCUT2D eigenvalue weighted by atomic mass is 35.5. The fourth-order valence-corrected chi connectivity index (χ4v) is 3.19. The molecule has 1 aliphatic rings. The number of nitrogens with one attached hydrogen (secondary N) is 2.